The Morgan fingerprint density at radius 2 is 1.60 bits per heavy atom. The zero-order chi connectivity index (χ0) is 14.9. The number of hydrazine groups is 1. The van der Waals surface area contributed by atoms with E-state index in [0.29, 0.717) is 10.0 Å². The maximum atomic E-state index is 6.08. The molecule has 2 aromatic carbocycles. The maximum Gasteiger partial charge on any atom is 0.0710 e. The molecular formula is C15H15BrCl2N2. The number of hydrogen-bond acceptors (Lipinski definition) is 2. The third-order valence-corrected chi connectivity index (χ3v) is 5.23. The van der Waals surface area contributed by atoms with Crippen LogP contribution in [0.2, 0.25) is 10.0 Å². The Morgan fingerprint density at radius 3 is 2.10 bits per heavy atom. The van der Waals surface area contributed by atoms with Gasteiger partial charge in [0.2, 0.25) is 0 Å². The average molecular weight is 374 g/mol. The van der Waals surface area contributed by atoms with Crippen molar-refractivity contribution in [2.45, 2.75) is 19.9 Å². The van der Waals surface area contributed by atoms with Crippen molar-refractivity contribution >= 4 is 39.1 Å². The van der Waals surface area contributed by atoms with Crippen molar-refractivity contribution in [2.75, 3.05) is 0 Å². The predicted molar refractivity (Wildman–Crippen MR) is 89.2 cm³/mol. The molecule has 20 heavy (non-hydrogen) atoms. The van der Waals surface area contributed by atoms with E-state index in [4.69, 9.17) is 29.0 Å². The molecule has 2 nitrogen and oxygen atoms in total. The summed E-state index contributed by atoms with van der Waals surface area (Å²) in [5.74, 6) is 5.73. The fourth-order valence-corrected chi connectivity index (χ4v) is 2.76. The zero-order valence-corrected chi connectivity index (χ0v) is 14.3. The van der Waals surface area contributed by atoms with Gasteiger partial charge in [-0.15, -0.1) is 0 Å². The van der Waals surface area contributed by atoms with Gasteiger partial charge in [0, 0.05) is 4.47 Å². The minimum Gasteiger partial charge on any atom is -0.271 e. The van der Waals surface area contributed by atoms with Crippen molar-refractivity contribution in [3.8, 4) is 0 Å². The summed E-state index contributed by atoms with van der Waals surface area (Å²) >= 11 is 15.6. The van der Waals surface area contributed by atoms with Crippen LogP contribution in [0.3, 0.4) is 0 Å². The van der Waals surface area contributed by atoms with Gasteiger partial charge in [0.1, 0.15) is 0 Å². The van der Waals surface area contributed by atoms with Crippen LogP contribution in [0.25, 0.3) is 0 Å². The van der Waals surface area contributed by atoms with E-state index in [0.717, 1.165) is 15.6 Å². The van der Waals surface area contributed by atoms with Crippen molar-refractivity contribution < 1.29 is 0 Å². The van der Waals surface area contributed by atoms with Crippen LogP contribution < -0.4 is 11.3 Å². The van der Waals surface area contributed by atoms with Crippen LogP contribution in [-0.4, -0.2) is 0 Å². The van der Waals surface area contributed by atoms with Crippen LogP contribution in [0.1, 0.15) is 28.3 Å². The summed E-state index contributed by atoms with van der Waals surface area (Å²) in [5.41, 5.74) is 7.23. The second-order valence-corrected chi connectivity index (χ2v) is 6.35. The molecule has 0 amide bonds. The topological polar surface area (TPSA) is 38.0 Å². The summed E-state index contributed by atoms with van der Waals surface area (Å²) in [6, 6.07) is 9.61. The molecule has 0 fully saturated rings. The van der Waals surface area contributed by atoms with Gasteiger partial charge in [0.25, 0.3) is 0 Å². The summed E-state index contributed by atoms with van der Waals surface area (Å²) in [4.78, 5) is 0. The van der Waals surface area contributed by atoms with Crippen molar-refractivity contribution in [1.29, 1.82) is 0 Å². The van der Waals surface area contributed by atoms with Crippen molar-refractivity contribution in [3.05, 3.63) is 67.1 Å². The van der Waals surface area contributed by atoms with Gasteiger partial charge in [0.05, 0.1) is 16.1 Å². The van der Waals surface area contributed by atoms with E-state index in [2.05, 4.69) is 47.3 Å². The minimum atomic E-state index is -0.129. The van der Waals surface area contributed by atoms with Crippen LogP contribution in [0.4, 0.5) is 0 Å². The first-order valence-corrected chi connectivity index (χ1v) is 7.66. The number of halogens is 3. The molecule has 2 aromatic rings. The molecule has 0 aromatic heterocycles. The summed E-state index contributed by atoms with van der Waals surface area (Å²) in [6.45, 7) is 4.12. The van der Waals surface area contributed by atoms with Crippen molar-refractivity contribution in [1.82, 2.24) is 5.43 Å². The standard InChI is InChI=1S/C15H15BrCl2N2/c1-8-5-11(6-9(2)14(8)16)15(20-19)10-3-4-12(17)13(18)7-10/h3-7,15,20H,19H2,1-2H3. The third kappa shape index (κ3) is 3.18. The lowest BCUT2D eigenvalue weighted by Gasteiger charge is -2.19. The van der Waals surface area contributed by atoms with Crippen LogP contribution in [0.15, 0.2) is 34.8 Å². The first kappa shape index (κ1) is 15.8. The van der Waals surface area contributed by atoms with Gasteiger partial charge in [0.15, 0.2) is 0 Å². The lowest BCUT2D eigenvalue weighted by molar-refractivity contribution is 0.636. The summed E-state index contributed by atoms with van der Waals surface area (Å²) < 4.78 is 1.12. The number of rotatable bonds is 3. The van der Waals surface area contributed by atoms with E-state index in [1.807, 2.05) is 12.1 Å². The predicted octanol–water partition coefficient (Wildman–Crippen LogP) is 4.93. The van der Waals surface area contributed by atoms with E-state index in [1.54, 1.807) is 6.07 Å². The van der Waals surface area contributed by atoms with Gasteiger partial charge in [-0.3, -0.25) is 5.84 Å². The lowest BCUT2D eigenvalue weighted by atomic mass is 9.96. The molecule has 0 saturated heterocycles. The van der Waals surface area contributed by atoms with Crippen molar-refractivity contribution in [2.24, 2.45) is 5.84 Å². The highest BCUT2D eigenvalue weighted by Crippen LogP contribution is 2.31. The Kier molecular flexibility index (Phi) is 5.10. The number of hydrogen-bond donors (Lipinski definition) is 2. The van der Waals surface area contributed by atoms with Gasteiger partial charge in [-0.2, -0.15) is 0 Å². The van der Waals surface area contributed by atoms with Gasteiger partial charge >= 0.3 is 0 Å². The quantitative estimate of drug-likeness (QED) is 0.591. The molecule has 0 radical (unpaired) electrons. The Labute approximate surface area is 137 Å². The molecule has 2 rings (SSSR count). The van der Waals surface area contributed by atoms with Crippen LogP contribution in [0, 0.1) is 13.8 Å². The second kappa shape index (κ2) is 6.46. The fourth-order valence-electron chi connectivity index (χ4n) is 2.22. The highest BCUT2D eigenvalue weighted by molar-refractivity contribution is 9.10. The normalized spacial score (nSPS) is 12.5. The van der Waals surface area contributed by atoms with E-state index in [9.17, 15) is 0 Å². The van der Waals surface area contributed by atoms with Gasteiger partial charge in [-0.05, 0) is 48.2 Å². The van der Waals surface area contributed by atoms with E-state index in [1.165, 1.54) is 11.1 Å². The Morgan fingerprint density at radius 1 is 1.00 bits per heavy atom. The first-order valence-electron chi connectivity index (χ1n) is 6.11. The molecule has 0 spiro atoms. The van der Waals surface area contributed by atoms with E-state index < -0.39 is 0 Å². The maximum absolute atomic E-state index is 6.08. The smallest absolute Gasteiger partial charge is 0.0710 e. The Bertz CT molecular complexity index is 621. The minimum absolute atomic E-state index is 0.129. The number of benzene rings is 2. The number of nitrogens with two attached hydrogens (primary N) is 1. The van der Waals surface area contributed by atoms with Gasteiger partial charge in [-0.1, -0.05) is 57.3 Å². The van der Waals surface area contributed by atoms with Gasteiger partial charge < -0.3 is 0 Å². The molecule has 0 aliphatic rings. The van der Waals surface area contributed by atoms with Crippen LogP contribution in [0.5, 0.6) is 0 Å². The van der Waals surface area contributed by atoms with Crippen molar-refractivity contribution in [3.63, 3.8) is 0 Å². The third-order valence-electron chi connectivity index (χ3n) is 3.24. The number of nitrogens with one attached hydrogen (secondary N) is 1. The Hall–Kier alpha value is -0.580. The molecule has 0 bridgehead atoms. The Balaban J connectivity index is 2.49. The SMILES string of the molecule is Cc1cc(C(NN)c2ccc(Cl)c(Cl)c2)cc(C)c1Br. The van der Waals surface area contributed by atoms with Gasteiger partial charge in [-0.25, -0.2) is 5.43 Å². The summed E-state index contributed by atoms with van der Waals surface area (Å²) in [6.07, 6.45) is 0. The molecular weight excluding hydrogens is 359 g/mol. The summed E-state index contributed by atoms with van der Waals surface area (Å²) in [5, 5.41) is 1.06. The molecule has 0 aliphatic heterocycles. The molecule has 106 valence electrons. The monoisotopic (exact) mass is 372 g/mol. The second-order valence-electron chi connectivity index (χ2n) is 4.74. The molecule has 0 saturated carbocycles. The number of aryl methyl sites for hydroxylation is 2. The van der Waals surface area contributed by atoms with Crippen LogP contribution in [-0.2, 0) is 0 Å². The summed E-state index contributed by atoms with van der Waals surface area (Å²) in [7, 11) is 0. The largest absolute Gasteiger partial charge is 0.271 e. The molecule has 1 atom stereocenters. The fraction of sp³-hybridized carbons (Fsp3) is 0.200. The van der Waals surface area contributed by atoms with E-state index in [-0.39, 0.29) is 6.04 Å². The van der Waals surface area contributed by atoms with Crippen LogP contribution >= 0.6 is 39.1 Å². The molecule has 5 heteroatoms. The zero-order valence-electron chi connectivity index (χ0n) is 11.2. The highest BCUT2D eigenvalue weighted by atomic mass is 79.9. The van der Waals surface area contributed by atoms with E-state index >= 15 is 0 Å². The molecule has 0 heterocycles. The first-order chi connectivity index (χ1) is 9.43. The highest BCUT2D eigenvalue weighted by Gasteiger charge is 2.15. The molecule has 3 N–H and O–H groups in total. The molecule has 1 unspecified atom stereocenters. The average Bonchev–Trinajstić information content (AvgIpc) is 2.41. The molecule has 0 aliphatic carbocycles. The lowest BCUT2D eigenvalue weighted by Crippen LogP contribution is -2.29.